The van der Waals surface area contributed by atoms with Crippen LogP contribution in [-0.2, 0) is 11.3 Å². The molecule has 0 radical (unpaired) electrons. The lowest BCUT2D eigenvalue weighted by Gasteiger charge is -2.51. The van der Waals surface area contributed by atoms with Crippen molar-refractivity contribution in [1.29, 1.82) is 0 Å². The quantitative estimate of drug-likeness (QED) is 0.878. The van der Waals surface area contributed by atoms with E-state index < -0.39 is 0 Å². The van der Waals surface area contributed by atoms with Crippen molar-refractivity contribution in [1.82, 2.24) is 19.3 Å². The van der Waals surface area contributed by atoms with Gasteiger partial charge in [0.25, 0.3) is 0 Å². The number of nitrogens with zero attached hydrogens (tertiary/aromatic N) is 3. The van der Waals surface area contributed by atoms with Gasteiger partial charge in [0.1, 0.15) is 5.52 Å². The maximum Gasteiger partial charge on any atom is 0.179 e. The monoisotopic (exact) mass is 308 g/mol. The average Bonchev–Trinajstić information content (AvgIpc) is 2.92. The molecule has 21 heavy (non-hydrogen) atoms. The van der Waals surface area contributed by atoms with Gasteiger partial charge in [-0.3, -0.25) is 4.57 Å². The number of nitrogens with one attached hydrogen (secondary N) is 1. The average molecular weight is 308 g/mol. The van der Waals surface area contributed by atoms with Gasteiger partial charge < -0.3 is 9.72 Å². The van der Waals surface area contributed by atoms with Crippen molar-refractivity contribution < 1.29 is 4.74 Å². The number of rotatable bonds is 4. The largest absolute Gasteiger partial charge is 0.378 e. The van der Waals surface area contributed by atoms with Gasteiger partial charge in [0.15, 0.2) is 10.4 Å². The lowest BCUT2D eigenvalue weighted by Crippen LogP contribution is -2.51. The molecule has 1 N–H and O–H groups in total. The summed E-state index contributed by atoms with van der Waals surface area (Å²) in [5, 5.41) is 4.60. The highest BCUT2D eigenvalue weighted by atomic mass is 32.1. The van der Waals surface area contributed by atoms with Gasteiger partial charge in [-0.15, -0.1) is 0 Å². The molecule has 0 amide bonds. The molecular formula is C15H24N4OS. The van der Waals surface area contributed by atoms with Gasteiger partial charge >= 0.3 is 0 Å². The molecule has 0 spiro atoms. The number of hydrogen-bond acceptors (Lipinski definition) is 3. The van der Waals surface area contributed by atoms with E-state index in [0.717, 1.165) is 41.2 Å². The SMILES string of the molecule is CCOC1CC(n2c(=S)[nH]c3c(C)nn(CC)c32)C1(C)C. The lowest BCUT2D eigenvalue weighted by atomic mass is 9.64. The summed E-state index contributed by atoms with van der Waals surface area (Å²) >= 11 is 5.58. The van der Waals surface area contributed by atoms with Crippen LogP contribution in [0.3, 0.4) is 0 Å². The van der Waals surface area contributed by atoms with Crippen molar-refractivity contribution in [2.24, 2.45) is 5.41 Å². The molecule has 0 aromatic carbocycles. The predicted octanol–water partition coefficient (Wildman–Crippen LogP) is 3.60. The molecule has 0 saturated heterocycles. The van der Waals surface area contributed by atoms with Gasteiger partial charge in [-0.1, -0.05) is 13.8 Å². The predicted molar refractivity (Wildman–Crippen MR) is 86.2 cm³/mol. The third-order valence-corrected chi connectivity index (χ3v) is 5.18. The molecule has 0 aliphatic heterocycles. The third kappa shape index (κ3) is 1.99. The topological polar surface area (TPSA) is 47.8 Å². The maximum absolute atomic E-state index is 5.86. The van der Waals surface area contributed by atoms with Crippen LogP contribution < -0.4 is 0 Å². The first-order valence-corrected chi connectivity index (χ1v) is 8.11. The van der Waals surface area contributed by atoms with Crippen molar-refractivity contribution in [3.63, 3.8) is 0 Å². The first-order chi connectivity index (χ1) is 9.91. The molecule has 2 unspecified atom stereocenters. The minimum absolute atomic E-state index is 0.0834. The summed E-state index contributed by atoms with van der Waals surface area (Å²) in [6.45, 7) is 12.3. The van der Waals surface area contributed by atoms with Crippen LogP contribution in [0.5, 0.6) is 0 Å². The van der Waals surface area contributed by atoms with Crippen LogP contribution in [0.25, 0.3) is 11.2 Å². The second-order valence-electron chi connectivity index (χ2n) is 6.42. The van der Waals surface area contributed by atoms with Crippen molar-refractivity contribution in [2.75, 3.05) is 6.61 Å². The molecule has 6 heteroatoms. The third-order valence-electron chi connectivity index (χ3n) is 4.88. The van der Waals surface area contributed by atoms with Crippen LogP contribution in [-0.4, -0.2) is 32.0 Å². The van der Waals surface area contributed by atoms with Gasteiger partial charge in [-0.2, -0.15) is 5.10 Å². The summed E-state index contributed by atoms with van der Waals surface area (Å²) < 4.78 is 10.9. The first-order valence-electron chi connectivity index (χ1n) is 7.71. The molecule has 116 valence electrons. The minimum Gasteiger partial charge on any atom is -0.378 e. The Bertz CT molecular complexity index is 724. The van der Waals surface area contributed by atoms with E-state index in [1.165, 1.54) is 0 Å². The number of hydrogen-bond donors (Lipinski definition) is 1. The number of aryl methyl sites for hydroxylation is 2. The van der Waals surface area contributed by atoms with Gasteiger partial charge in [0, 0.05) is 24.6 Å². The summed E-state index contributed by atoms with van der Waals surface area (Å²) in [5.74, 6) is 0. The fourth-order valence-corrected chi connectivity index (χ4v) is 3.84. The van der Waals surface area contributed by atoms with Crippen LogP contribution in [0.15, 0.2) is 0 Å². The molecule has 0 bridgehead atoms. The Labute approximate surface area is 130 Å². The van der Waals surface area contributed by atoms with Crippen LogP contribution in [0.4, 0.5) is 0 Å². The molecule has 1 fully saturated rings. The Morgan fingerprint density at radius 3 is 2.71 bits per heavy atom. The van der Waals surface area contributed by atoms with Crippen LogP contribution in [0.2, 0.25) is 0 Å². The van der Waals surface area contributed by atoms with Crippen LogP contribution in [0, 0.1) is 17.1 Å². The van der Waals surface area contributed by atoms with E-state index in [2.05, 4.69) is 42.3 Å². The van der Waals surface area contributed by atoms with Crippen molar-refractivity contribution in [3.05, 3.63) is 10.5 Å². The van der Waals surface area contributed by atoms with Gasteiger partial charge in [-0.05, 0) is 39.4 Å². The molecule has 2 aromatic heterocycles. The first kappa shape index (κ1) is 14.8. The fraction of sp³-hybridized carbons (Fsp3) is 0.733. The lowest BCUT2D eigenvalue weighted by molar-refractivity contribution is -0.127. The van der Waals surface area contributed by atoms with E-state index in [1.54, 1.807) is 0 Å². The normalized spacial score (nSPS) is 24.4. The Kier molecular flexibility index (Phi) is 3.48. The summed E-state index contributed by atoms with van der Waals surface area (Å²) in [6.07, 6.45) is 1.31. The number of imidazole rings is 1. The number of aromatic nitrogens is 4. The number of aromatic amines is 1. The maximum atomic E-state index is 5.86. The molecule has 2 atom stereocenters. The molecule has 2 aromatic rings. The smallest absolute Gasteiger partial charge is 0.179 e. The van der Waals surface area contributed by atoms with Gasteiger partial charge in [0.05, 0.1) is 11.8 Å². The van der Waals surface area contributed by atoms with Crippen molar-refractivity contribution >= 4 is 23.4 Å². The number of H-pyrrole nitrogens is 1. The van der Waals surface area contributed by atoms with E-state index in [1.807, 2.05) is 11.6 Å². The van der Waals surface area contributed by atoms with Gasteiger partial charge in [0.2, 0.25) is 0 Å². The second kappa shape index (κ2) is 4.95. The van der Waals surface area contributed by atoms with E-state index >= 15 is 0 Å². The number of fused-ring (bicyclic) bond motifs is 1. The van der Waals surface area contributed by atoms with Crippen molar-refractivity contribution in [2.45, 2.75) is 59.7 Å². The molecule has 1 aliphatic carbocycles. The van der Waals surface area contributed by atoms with E-state index in [-0.39, 0.29) is 5.41 Å². The summed E-state index contributed by atoms with van der Waals surface area (Å²) in [5.41, 5.74) is 3.28. The Morgan fingerprint density at radius 2 is 2.14 bits per heavy atom. The van der Waals surface area contributed by atoms with E-state index in [9.17, 15) is 0 Å². The Balaban J connectivity index is 2.10. The minimum atomic E-state index is 0.0834. The standard InChI is InChI=1S/C15H24N4OS/c1-6-18-13-12(9(3)17-18)16-14(21)19(13)10-8-11(20-7-2)15(10,4)5/h10-11H,6-8H2,1-5H3,(H,16,21). The highest BCUT2D eigenvalue weighted by Gasteiger charge is 2.50. The van der Waals surface area contributed by atoms with E-state index in [4.69, 9.17) is 17.0 Å². The molecule has 3 rings (SSSR count). The van der Waals surface area contributed by atoms with Crippen LogP contribution in [0.1, 0.15) is 45.9 Å². The molecular weight excluding hydrogens is 284 g/mol. The highest BCUT2D eigenvalue weighted by molar-refractivity contribution is 7.71. The van der Waals surface area contributed by atoms with Crippen LogP contribution >= 0.6 is 12.2 Å². The molecule has 1 aliphatic rings. The summed E-state index contributed by atoms with van der Waals surface area (Å²) in [4.78, 5) is 3.34. The summed E-state index contributed by atoms with van der Waals surface area (Å²) in [7, 11) is 0. The zero-order chi connectivity index (χ0) is 15.4. The highest BCUT2D eigenvalue weighted by Crippen LogP contribution is 2.52. The van der Waals surface area contributed by atoms with Crippen molar-refractivity contribution in [3.8, 4) is 0 Å². The molecule has 2 heterocycles. The number of ether oxygens (including phenoxy) is 1. The van der Waals surface area contributed by atoms with E-state index in [0.29, 0.717) is 12.1 Å². The Hall–Kier alpha value is -1.14. The van der Waals surface area contributed by atoms with Gasteiger partial charge in [-0.25, -0.2) is 4.68 Å². The second-order valence-corrected chi connectivity index (χ2v) is 6.80. The zero-order valence-corrected chi connectivity index (χ0v) is 14.3. The fourth-order valence-electron chi connectivity index (χ4n) is 3.52. The summed E-state index contributed by atoms with van der Waals surface area (Å²) in [6, 6.07) is 0.358. The Morgan fingerprint density at radius 1 is 1.43 bits per heavy atom. The molecule has 5 nitrogen and oxygen atoms in total. The molecule has 1 saturated carbocycles. The zero-order valence-electron chi connectivity index (χ0n) is 13.4.